The van der Waals surface area contributed by atoms with Crippen molar-refractivity contribution in [2.75, 3.05) is 26.9 Å². The van der Waals surface area contributed by atoms with Crippen molar-refractivity contribution in [3.8, 4) is 5.75 Å². The maximum Gasteiger partial charge on any atom is 0.326 e. The van der Waals surface area contributed by atoms with Gasteiger partial charge in [0.15, 0.2) is 5.78 Å². The van der Waals surface area contributed by atoms with Crippen LogP contribution in [0.25, 0.3) is 10.9 Å². The van der Waals surface area contributed by atoms with Crippen LogP contribution in [0.4, 0.5) is 0 Å². The third-order valence-corrected chi connectivity index (χ3v) is 6.98. The lowest BCUT2D eigenvalue weighted by Crippen LogP contribution is -2.40. The van der Waals surface area contributed by atoms with Crippen LogP contribution in [0.2, 0.25) is 5.02 Å². The Labute approximate surface area is 222 Å². The van der Waals surface area contributed by atoms with Gasteiger partial charge in [-0.15, -0.1) is 10.1 Å². The average Bonchev–Trinajstić information content (AvgIpc) is 3.20. The van der Waals surface area contributed by atoms with E-state index in [-0.39, 0.29) is 49.3 Å². The number of ether oxygens (including phenoxy) is 1. The Balaban J connectivity index is 1.80. The van der Waals surface area contributed by atoms with Gasteiger partial charge < -0.3 is 14.6 Å². The molecule has 204 valence electrons. The Morgan fingerprint density at radius 1 is 1.21 bits per heavy atom. The monoisotopic (exact) mass is 568 g/mol. The summed E-state index contributed by atoms with van der Waals surface area (Å²) in [4.78, 5) is 47.6. The van der Waals surface area contributed by atoms with Gasteiger partial charge in [-0.05, 0) is 55.3 Å². The van der Waals surface area contributed by atoms with Gasteiger partial charge in [0, 0.05) is 40.1 Å². The van der Waals surface area contributed by atoms with Crippen LogP contribution in [0, 0.1) is 17.0 Å². The van der Waals surface area contributed by atoms with Gasteiger partial charge in [0.25, 0.3) is 5.09 Å². The van der Waals surface area contributed by atoms with Gasteiger partial charge in [0.1, 0.15) is 5.75 Å². The third-order valence-electron chi connectivity index (χ3n) is 5.49. The van der Waals surface area contributed by atoms with Gasteiger partial charge in [0.2, 0.25) is 6.41 Å². The number of ketones is 1. The number of halogens is 1. The maximum atomic E-state index is 13.5. The van der Waals surface area contributed by atoms with E-state index in [0.29, 0.717) is 44.1 Å². The molecule has 0 saturated heterocycles. The Morgan fingerprint density at radius 2 is 1.92 bits per heavy atom. The number of hydrogen-bond acceptors (Lipinski definition) is 9. The Hall–Kier alpha value is -3.72. The van der Waals surface area contributed by atoms with Crippen LogP contribution in [0.1, 0.15) is 33.6 Å². The summed E-state index contributed by atoms with van der Waals surface area (Å²) in [7, 11) is -2.91. The van der Waals surface area contributed by atoms with Crippen molar-refractivity contribution in [1.29, 1.82) is 0 Å². The van der Waals surface area contributed by atoms with Crippen molar-refractivity contribution in [1.82, 2.24) is 14.2 Å². The largest absolute Gasteiger partial charge is 0.496 e. The van der Waals surface area contributed by atoms with Crippen molar-refractivity contribution in [3.63, 3.8) is 0 Å². The molecule has 0 aliphatic carbocycles. The quantitative estimate of drug-likeness (QED) is 0.0919. The number of carbonyl (C=O) groups excluding carboxylic acids is 2. The molecule has 2 aromatic carbocycles. The first-order valence-electron chi connectivity index (χ1n) is 11.2. The summed E-state index contributed by atoms with van der Waals surface area (Å²) in [6, 6.07) is 9.86. The van der Waals surface area contributed by atoms with Crippen molar-refractivity contribution in [2.24, 2.45) is 0 Å². The molecule has 13 nitrogen and oxygen atoms in total. The molecule has 15 heteroatoms. The second kappa shape index (κ2) is 12.7. The Kier molecular flexibility index (Phi) is 9.63. The van der Waals surface area contributed by atoms with Gasteiger partial charge in [-0.2, -0.15) is 13.1 Å². The van der Waals surface area contributed by atoms with E-state index in [2.05, 4.69) is 14.5 Å². The summed E-state index contributed by atoms with van der Waals surface area (Å²) < 4.78 is 32.4. The van der Waals surface area contributed by atoms with Crippen LogP contribution < -0.4 is 9.46 Å². The van der Waals surface area contributed by atoms with Gasteiger partial charge in [-0.25, -0.2) is 0 Å². The number of aromatic nitrogens is 1. The standard InChI is InChI=1S/C23H25ClN4O9S/c1-15-18(10-13-36-27(14-29)38(33,34)25-11-3-12-37-28(31)32)21-19(26-15)8-9-20(35-2)22(21)23(30)16-4-6-17(24)7-5-16/h4-9,14,25-26H,3,10-13H2,1-2H3. The molecule has 0 atom stereocenters. The molecule has 1 heterocycles. The number of nitrogens with zero attached hydrogens (tertiary/aromatic N) is 2. The summed E-state index contributed by atoms with van der Waals surface area (Å²) in [6.07, 6.45) is 0.112. The summed E-state index contributed by atoms with van der Waals surface area (Å²) >= 11 is 5.96. The summed E-state index contributed by atoms with van der Waals surface area (Å²) in [5.74, 6) is 0.0496. The number of hydrogen-bond donors (Lipinski definition) is 2. The van der Waals surface area contributed by atoms with Crippen molar-refractivity contribution in [3.05, 3.63) is 73.9 Å². The number of aromatic amines is 1. The van der Waals surface area contributed by atoms with Crippen LogP contribution >= 0.6 is 11.6 Å². The van der Waals surface area contributed by atoms with E-state index < -0.39 is 15.3 Å². The number of carbonyl (C=O) groups is 2. The highest BCUT2D eigenvalue weighted by molar-refractivity contribution is 7.87. The fourth-order valence-corrected chi connectivity index (χ4v) is 4.77. The molecule has 38 heavy (non-hydrogen) atoms. The number of H-pyrrole nitrogens is 1. The normalized spacial score (nSPS) is 11.3. The fraction of sp³-hybridized carbons (Fsp3) is 0.304. The third kappa shape index (κ3) is 6.77. The van der Waals surface area contributed by atoms with E-state index in [1.54, 1.807) is 43.3 Å². The zero-order valence-corrected chi connectivity index (χ0v) is 22.0. The minimum Gasteiger partial charge on any atom is -0.496 e. The highest BCUT2D eigenvalue weighted by Gasteiger charge is 2.24. The minimum atomic E-state index is -4.36. The number of amides is 1. The molecule has 0 radical (unpaired) electrons. The molecule has 3 rings (SSSR count). The highest BCUT2D eigenvalue weighted by atomic mass is 35.5. The first-order chi connectivity index (χ1) is 18.1. The molecule has 1 aromatic heterocycles. The Bertz CT molecular complexity index is 1420. The number of fused-ring (bicyclic) bond motifs is 1. The summed E-state index contributed by atoms with van der Waals surface area (Å²) in [5.41, 5.74) is 2.75. The topological polar surface area (TPSA) is 170 Å². The lowest BCUT2D eigenvalue weighted by molar-refractivity contribution is -0.757. The van der Waals surface area contributed by atoms with Crippen LogP contribution in [0.5, 0.6) is 5.75 Å². The van der Waals surface area contributed by atoms with Crippen molar-refractivity contribution >= 4 is 44.9 Å². The second-order valence-corrected chi connectivity index (χ2v) is 9.92. The van der Waals surface area contributed by atoms with E-state index in [1.807, 2.05) is 0 Å². The van der Waals surface area contributed by atoms with Crippen molar-refractivity contribution < 1.29 is 37.5 Å². The highest BCUT2D eigenvalue weighted by Crippen LogP contribution is 2.34. The first kappa shape index (κ1) is 28.8. The molecule has 0 saturated carbocycles. The van der Waals surface area contributed by atoms with Crippen LogP contribution in [0.3, 0.4) is 0 Å². The molecule has 0 aliphatic heterocycles. The summed E-state index contributed by atoms with van der Waals surface area (Å²) in [5, 5.41) is 10.2. The van der Waals surface area contributed by atoms with Gasteiger partial charge in [-0.3, -0.25) is 14.4 Å². The first-order valence-corrected chi connectivity index (χ1v) is 13.0. The maximum absolute atomic E-state index is 13.5. The number of methoxy groups -OCH3 is 1. The number of rotatable bonds is 15. The molecular formula is C23H25ClN4O9S. The van der Waals surface area contributed by atoms with Gasteiger partial charge >= 0.3 is 10.2 Å². The predicted molar refractivity (Wildman–Crippen MR) is 137 cm³/mol. The average molecular weight is 569 g/mol. The molecule has 0 spiro atoms. The number of nitrogens with one attached hydrogen (secondary N) is 2. The SMILES string of the molecule is COc1ccc2[nH]c(C)c(CCON(C=O)S(=O)(=O)NCCCO[N+](=O)[O-])c2c1C(=O)c1ccc(Cl)cc1. The van der Waals surface area contributed by atoms with Crippen molar-refractivity contribution in [2.45, 2.75) is 19.8 Å². The predicted octanol–water partition coefficient (Wildman–Crippen LogP) is 2.73. The lowest BCUT2D eigenvalue weighted by Gasteiger charge is -2.17. The van der Waals surface area contributed by atoms with E-state index >= 15 is 0 Å². The fourth-order valence-electron chi connectivity index (χ4n) is 3.79. The van der Waals surface area contributed by atoms with Crippen LogP contribution in [-0.4, -0.2) is 62.0 Å². The van der Waals surface area contributed by atoms with Gasteiger partial charge in [-0.1, -0.05) is 16.1 Å². The van der Waals surface area contributed by atoms with Crippen LogP contribution in [0.15, 0.2) is 36.4 Å². The number of benzene rings is 2. The smallest absolute Gasteiger partial charge is 0.326 e. The van der Waals surface area contributed by atoms with E-state index in [4.69, 9.17) is 21.2 Å². The van der Waals surface area contributed by atoms with E-state index in [0.717, 1.165) is 0 Å². The lowest BCUT2D eigenvalue weighted by atomic mass is 9.95. The number of aryl methyl sites for hydroxylation is 1. The molecule has 3 aromatic rings. The summed E-state index contributed by atoms with van der Waals surface area (Å²) in [6.45, 7) is 1.02. The van der Waals surface area contributed by atoms with E-state index in [9.17, 15) is 28.1 Å². The molecule has 2 N–H and O–H groups in total. The second-order valence-electron chi connectivity index (χ2n) is 7.88. The minimum absolute atomic E-state index is 0.00625. The molecular weight excluding hydrogens is 544 g/mol. The zero-order valence-electron chi connectivity index (χ0n) is 20.4. The Morgan fingerprint density at radius 3 is 2.55 bits per heavy atom. The molecule has 0 unspecified atom stereocenters. The molecule has 0 bridgehead atoms. The number of hydroxylamine groups is 1. The molecule has 0 fully saturated rings. The van der Waals surface area contributed by atoms with E-state index in [1.165, 1.54) is 7.11 Å². The zero-order chi connectivity index (χ0) is 27.9. The van der Waals surface area contributed by atoms with Gasteiger partial charge in [0.05, 0.1) is 25.9 Å². The van der Waals surface area contributed by atoms with Crippen LogP contribution in [-0.2, 0) is 31.1 Å². The molecule has 0 aliphatic rings. The molecule has 1 amide bonds.